The summed E-state index contributed by atoms with van der Waals surface area (Å²) in [4.78, 5) is 3.53. The van der Waals surface area contributed by atoms with Gasteiger partial charge in [0.05, 0.1) is 6.20 Å². The monoisotopic (exact) mass is 119 g/mol. The first-order chi connectivity index (χ1) is 4.34. The molecule has 0 unspecified atom stereocenters. The lowest BCUT2D eigenvalue weighted by Gasteiger charge is -1.85. The van der Waals surface area contributed by atoms with Crippen LogP contribution in [0.5, 0.6) is 5.75 Å². The lowest BCUT2D eigenvalue weighted by molar-refractivity contribution is 0.351. The van der Waals surface area contributed by atoms with Crippen LogP contribution in [0.3, 0.4) is 0 Å². The van der Waals surface area contributed by atoms with E-state index in [1.807, 2.05) is 0 Å². The molecule has 1 radical (unpaired) electrons. The summed E-state index contributed by atoms with van der Waals surface area (Å²) in [6.45, 7) is 0. The first-order valence-corrected chi connectivity index (χ1v) is 2.35. The van der Waals surface area contributed by atoms with Crippen molar-refractivity contribution in [3.63, 3.8) is 0 Å². The van der Waals surface area contributed by atoms with Crippen molar-refractivity contribution in [1.29, 1.82) is 5.26 Å². The average Bonchev–Trinajstić information content (AvgIpc) is 1.89. The Morgan fingerprint density at radius 1 is 1.67 bits per heavy atom. The van der Waals surface area contributed by atoms with Gasteiger partial charge in [-0.2, -0.15) is 5.26 Å². The zero-order valence-electron chi connectivity index (χ0n) is 4.53. The molecular weight excluding hydrogens is 116 g/mol. The number of aromatic nitrogens is 1. The Balaban J connectivity index is 3.20. The molecule has 1 aromatic rings. The Morgan fingerprint density at radius 3 is 2.89 bits per heavy atom. The molecular formula is C6H3N2O. The van der Waals surface area contributed by atoms with Crippen molar-refractivity contribution in [2.75, 3.05) is 0 Å². The predicted molar refractivity (Wildman–Crippen MR) is 29.1 cm³/mol. The fraction of sp³-hybridized carbons (Fsp3) is 0. The van der Waals surface area contributed by atoms with Gasteiger partial charge in [-0.05, 0) is 6.07 Å². The molecule has 0 amide bonds. The molecule has 0 aliphatic carbocycles. The largest absolute Gasteiger partial charge is 0.287 e. The van der Waals surface area contributed by atoms with E-state index in [9.17, 15) is 5.11 Å². The molecule has 0 aliphatic heterocycles. The van der Waals surface area contributed by atoms with Gasteiger partial charge in [0.15, 0.2) is 0 Å². The van der Waals surface area contributed by atoms with E-state index in [2.05, 4.69) is 4.98 Å². The normalized spacial score (nSPS) is 8.33. The lowest BCUT2D eigenvalue weighted by Crippen LogP contribution is -1.74. The van der Waals surface area contributed by atoms with E-state index in [1.165, 1.54) is 12.3 Å². The van der Waals surface area contributed by atoms with E-state index in [-0.39, 0.29) is 11.3 Å². The van der Waals surface area contributed by atoms with Crippen LogP contribution in [0.2, 0.25) is 0 Å². The van der Waals surface area contributed by atoms with Crippen LogP contribution < -0.4 is 0 Å². The van der Waals surface area contributed by atoms with Crippen LogP contribution in [0.15, 0.2) is 18.5 Å². The molecule has 0 fully saturated rings. The van der Waals surface area contributed by atoms with E-state index >= 15 is 0 Å². The number of nitriles is 1. The zero-order valence-corrected chi connectivity index (χ0v) is 4.53. The fourth-order valence-electron chi connectivity index (χ4n) is 0.472. The number of hydrogen-bond donors (Lipinski definition) is 0. The third-order valence-electron chi connectivity index (χ3n) is 0.905. The van der Waals surface area contributed by atoms with E-state index in [1.54, 1.807) is 6.07 Å². The third kappa shape index (κ3) is 0.970. The van der Waals surface area contributed by atoms with Crippen molar-refractivity contribution in [2.45, 2.75) is 0 Å². The zero-order chi connectivity index (χ0) is 6.69. The van der Waals surface area contributed by atoms with Crippen LogP contribution in [0.4, 0.5) is 0 Å². The van der Waals surface area contributed by atoms with E-state index in [0.717, 1.165) is 6.20 Å². The van der Waals surface area contributed by atoms with E-state index < -0.39 is 0 Å². The minimum atomic E-state index is -0.319. The maximum absolute atomic E-state index is 10.6. The Morgan fingerprint density at radius 2 is 2.44 bits per heavy atom. The maximum atomic E-state index is 10.6. The van der Waals surface area contributed by atoms with Crippen LogP contribution in [-0.2, 0) is 5.11 Å². The van der Waals surface area contributed by atoms with Crippen LogP contribution in [0.1, 0.15) is 5.56 Å². The van der Waals surface area contributed by atoms with E-state index in [0.29, 0.717) is 0 Å². The van der Waals surface area contributed by atoms with Gasteiger partial charge in [0.25, 0.3) is 0 Å². The molecule has 9 heavy (non-hydrogen) atoms. The minimum absolute atomic E-state index is 0.144. The number of pyridine rings is 1. The van der Waals surface area contributed by atoms with Gasteiger partial charge in [-0.1, -0.05) is 0 Å². The summed E-state index contributed by atoms with van der Waals surface area (Å²) in [6.07, 6.45) is 2.54. The van der Waals surface area contributed by atoms with Crippen LogP contribution in [0.25, 0.3) is 0 Å². The molecule has 1 rings (SSSR count). The summed E-state index contributed by atoms with van der Waals surface area (Å²) in [6, 6.07) is 3.13. The van der Waals surface area contributed by atoms with Crippen molar-refractivity contribution in [3.8, 4) is 11.8 Å². The van der Waals surface area contributed by atoms with Crippen molar-refractivity contribution < 1.29 is 5.11 Å². The highest BCUT2D eigenvalue weighted by Gasteiger charge is 1.97. The molecule has 0 aromatic carbocycles. The molecule has 0 bridgehead atoms. The Labute approximate surface area is 52.2 Å². The average molecular weight is 119 g/mol. The number of nitrogens with zero attached hydrogens (tertiary/aromatic N) is 2. The quantitative estimate of drug-likeness (QED) is 0.513. The Kier molecular flexibility index (Phi) is 1.32. The first kappa shape index (κ1) is 5.57. The molecule has 3 nitrogen and oxygen atoms in total. The summed E-state index contributed by atoms with van der Waals surface area (Å²) in [7, 11) is 0. The molecule has 0 aliphatic rings. The molecule has 0 N–H and O–H groups in total. The Bertz CT molecular complexity index is 251. The summed E-state index contributed by atoms with van der Waals surface area (Å²) in [5.41, 5.74) is 0.144. The molecule has 1 aromatic heterocycles. The third-order valence-corrected chi connectivity index (χ3v) is 0.905. The first-order valence-electron chi connectivity index (χ1n) is 2.35. The molecule has 3 heteroatoms. The van der Waals surface area contributed by atoms with Gasteiger partial charge in [0.2, 0.25) is 5.75 Å². The predicted octanol–water partition coefficient (Wildman–Crippen LogP) is 1.10. The molecule has 1 heterocycles. The Hall–Kier alpha value is -1.56. The van der Waals surface area contributed by atoms with Crippen molar-refractivity contribution in [3.05, 3.63) is 24.0 Å². The van der Waals surface area contributed by atoms with Crippen molar-refractivity contribution in [2.24, 2.45) is 0 Å². The summed E-state index contributed by atoms with van der Waals surface area (Å²) < 4.78 is 0. The standard InChI is InChI=1S/C6H3N2O/c7-3-5-1-2-8-4-6(5)9/h1-2,4H. The van der Waals surface area contributed by atoms with Gasteiger partial charge in [-0.25, -0.2) is 0 Å². The number of hydrogen-bond acceptors (Lipinski definition) is 2. The van der Waals surface area contributed by atoms with Gasteiger partial charge >= 0.3 is 0 Å². The second-order valence-electron chi connectivity index (χ2n) is 1.48. The van der Waals surface area contributed by atoms with Gasteiger partial charge in [-0.15, -0.1) is 0 Å². The topological polar surface area (TPSA) is 56.6 Å². The van der Waals surface area contributed by atoms with Gasteiger partial charge in [-0.3, -0.25) is 10.1 Å². The molecule has 43 valence electrons. The highest BCUT2D eigenvalue weighted by atomic mass is 16.3. The van der Waals surface area contributed by atoms with Crippen LogP contribution >= 0.6 is 0 Å². The molecule has 0 saturated carbocycles. The minimum Gasteiger partial charge on any atom is -0.287 e. The molecule has 0 atom stereocenters. The molecule has 0 spiro atoms. The second-order valence-corrected chi connectivity index (χ2v) is 1.48. The van der Waals surface area contributed by atoms with Crippen LogP contribution in [0, 0.1) is 11.3 Å². The van der Waals surface area contributed by atoms with E-state index in [4.69, 9.17) is 5.26 Å². The van der Waals surface area contributed by atoms with Gasteiger partial charge in [0.1, 0.15) is 11.6 Å². The lowest BCUT2D eigenvalue weighted by atomic mass is 10.3. The maximum Gasteiger partial charge on any atom is 0.214 e. The van der Waals surface area contributed by atoms with Gasteiger partial charge < -0.3 is 0 Å². The smallest absolute Gasteiger partial charge is 0.214 e. The highest BCUT2D eigenvalue weighted by molar-refractivity contribution is 5.38. The SMILES string of the molecule is N#Cc1ccncc1[O]. The number of rotatable bonds is 0. The van der Waals surface area contributed by atoms with Crippen molar-refractivity contribution >= 4 is 0 Å². The summed E-state index contributed by atoms with van der Waals surface area (Å²) in [5, 5.41) is 18.8. The highest BCUT2D eigenvalue weighted by Crippen LogP contribution is 2.11. The van der Waals surface area contributed by atoms with Gasteiger partial charge in [0, 0.05) is 6.20 Å². The van der Waals surface area contributed by atoms with Crippen molar-refractivity contribution in [1.82, 2.24) is 4.98 Å². The second kappa shape index (κ2) is 2.14. The molecule has 0 saturated heterocycles. The van der Waals surface area contributed by atoms with Crippen LogP contribution in [-0.4, -0.2) is 4.98 Å². The summed E-state index contributed by atoms with van der Waals surface area (Å²) in [5.74, 6) is -0.319. The summed E-state index contributed by atoms with van der Waals surface area (Å²) >= 11 is 0. The fourth-order valence-corrected chi connectivity index (χ4v) is 0.472.